The van der Waals surface area contributed by atoms with Crippen LogP contribution in [0.3, 0.4) is 0 Å². The Bertz CT molecular complexity index is 797. The smallest absolute Gasteiger partial charge is 0.283 e. The number of aromatic amines is 1. The number of hydrogen-bond donors (Lipinski definition) is 1. The average molecular weight is 349 g/mol. The quantitative estimate of drug-likeness (QED) is 0.851. The Morgan fingerprint density at radius 1 is 1.24 bits per heavy atom. The summed E-state index contributed by atoms with van der Waals surface area (Å²) in [4.78, 5) is 14.3. The van der Waals surface area contributed by atoms with Crippen molar-refractivity contribution >= 4 is 5.91 Å². The molecule has 0 saturated heterocycles. The molecule has 1 aromatic carbocycles. The number of carbonyl (C=O) groups is 1. The van der Waals surface area contributed by atoms with E-state index in [-0.39, 0.29) is 6.04 Å². The molecule has 1 heterocycles. The number of nitrogens with zero attached hydrogens (tertiary/aromatic N) is 2. The van der Waals surface area contributed by atoms with Gasteiger partial charge in [0.05, 0.1) is 0 Å². The number of H-pyrrole nitrogens is 1. The van der Waals surface area contributed by atoms with Crippen molar-refractivity contribution in [2.75, 3.05) is 0 Å². The van der Waals surface area contributed by atoms with Gasteiger partial charge in [0.2, 0.25) is 5.95 Å². The molecule has 25 heavy (non-hydrogen) atoms. The zero-order valence-corrected chi connectivity index (χ0v) is 13.5. The van der Waals surface area contributed by atoms with Crippen molar-refractivity contribution in [3.8, 4) is 0 Å². The van der Waals surface area contributed by atoms with E-state index in [1.165, 1.54) is 10.5 Å². The van der Waals surface area contributed by atoms with Crippen LogP contribution in [0, 0.1) is 5.95 Å². The number of carbonyl (C=O) groups excluding carboxylic acids is 1. The lowest BCUT2D eigenvalue weighted by molar-refractivity contribution is 0.0712. The lowest BCUT2D eigenvalue weighted by Crippen LogP contribution is -2.34. The highest BCUT2D eigenvalue weighted by molar-refractivity contribution is 5.95. The zero-order chi connectivity index (χ0) is 17.6. The Labute approximate surface area is 143 Å². The van der Waals surface area contributed by atoms with E-state index in [1.54, 1.807) is 0 Å². The molecule has 2 fully saturated rings. The molecule has 4 nitrogen and oxygen atoms in total. The van der Waals surface area contributed by atoms with Crippen LogP contribution in [0.2, 0.25) is 0 Å². The van der Waals surface area contributed by atoms with E-state index in [1.807, 2.05) is 29.4 Å². The Kier molecular flexibility index (Phi) is 4.01. The van der Waals surface area contributed by atoms with E-state index in [0.717, 1.165) is 31.2 Å². The van der Waals surface area contributed by atoms with Gasteiger partial charge in [0.1, 0.15) is 11.3 Å². The second-order valence-electron chi connectivity index (χ2n) is 6.74. The lowest BCUT2D eigenvalue weighted by atomic mass is 10.0. The van der Waals surface area contributed by atoms with Crippen molar-refractivity contribution in [1.29, 1.82) is 0 Å². The van der Waals surface area contributed by atoms with Crippen LogP contribution in [0.1, 0.15) is 65.2 Å². The molecule has 0 radical (unpaired) electrons. The first kappa shape index (κ1) is 16.2. The number of nitrogens with one attached hydrogen (secondary N) is 1. The molecule has 1 amide bonds. The summed E-state index contributed by atoms with van der Waals surface area (Å²) in [5.41, 5.74) is 0.755. The fourth-order valence-electron chi connectivity index (χ4n) is 3.25. The second-order valence-corrected chi connectivity index (χ2v) is 6.74. The molecule has 2 aliphatic rings. The SMILES string of the molecule is O=C(c1c(C(F)F)n[nH]c1F)N(Cc1ccccc1C1CC1)C1CC1. The van der Waals surface area contributed by atoms with E-state index < -0.39 is 29.5 Å². The van der Waals surface area contributed by atoms with Gasteiger partial charge in [0.25, 0.3) is 12.3 Å². The average Bonchev–Trinajstić information content (AvgIpc) is 3.50. The molecule has 0 bridgehead atoms. The van der Waals surface area contributed by atoms with E-state index in [4.69, 9.17) is 0 Å². The van der Waals surface area contributed by atoms with Gasteiger partial charge < -0.3 is 4.90 Å². The van der Waals surface area contributed by atoms with E-state index in [0.29, 0.717) is 12.5 Å². The summed E-state index contributed by atoms with van der Waals surface area (Å²) in [5, 5.41) is 5.14. The van der Waals surface area contributed by atoms with Crippen LogP contribution >= 0.6 is 0 Å². The second kappa shape index (κ2) is 6.20. The van der Waals surface area contributed by atoms with Crippen molar-refractivity contribution in [3.63, 3.8) is 0 Å². The largest absolute Gasteiger partial charge is 0.331 e. The van der Waals surface area contributed by atoms with Crippen LogP contribution in [0.4, 0.5) is 13.2 Å². The number of rotatable bonds is 6. The molecule has 2 saturated carbocycles. The fraction of sp³-hybridized carbons (Fsp3) is 0.444. The highest BCUT2D eigenvalue weighted by atomic mass is 19.3. The molecule has 2 aromatic rings. The summed E-state index contributed by atoms with van der Waals surface area (Å²) in [6, 6.07) is 7.84. The number of hydrogen-bond acceptors (Lipinski definition) is 2. The molecule has 0 atom stereocenters. The predicted molar refractivity (Wildman–Crippen MR) is 84.8 cm³/mol. The number of alkyl halides is 2. The van der Waals surface area contributed by atoms with Gasteiger partial charge in [-0.2, -0.15) is 9.49 Å². The Balaban J connectivity index is 1.65. The van der Waals surface area contributed by atoms with E-state index in [2.05, 4.69) is 5.10 Å². The van der Waals surface area contributed by atoms with E-state index >= 15 is 0 Å². The minimum atomic E-state index is -3.00. The normalized spacial score (nSPS) is 17.1. The molecule has 2 aliphatic carbocycles. The Hall–Kier alpha value is -2.31. The van der Waals surface area contributed by atoms with Gasteiger partial charge in [-0.05, 0) is 42.7 Å². The first-order valence-electron chi connectivity index (χ1n) is 8.47. The summed E-state index contributed by atoms with van der Waals surface area (Å²) in [6.45, 7) is 0.309. The third kappa shape index (κ3) is 3.15. The van der Waals surface area contributed by atoms with Crippen molar-refractivity contribution in [1.82, 2.24) is 15.1 Å². The third-order valence-electron chi connectivity index (χ3n) is 4.83. The summed E-state index contributed by atoms with van der Waals surface area (Å²) in [5.74, 6) is -1.30. The number of benzene rings is 1. The molecule has 132 valence electrons. The van der Waals surface area contributed by atoms with Crippen molar-refractivity contribution < 1.29 is 18.0 Å². The van der Waals surface area contributed by atoms with Crippen LogP contribution in [0.25, 0.3) is 0 Å². The molecule has 1 aromatic heterocycles. The molecular weight excluding hydrogens is 331 g/mol. The Morgan fingerprint density at radius 3 is 2.60 bits per heavy atom. The van der Waals surface area contributed by atoms with Crippen molar-refractivity contribution in [2.24, 2.45) is 0 Å². The zero-order valence-electron chi connectivity index (χ0n) is 13.5. The summed E-state index contributed by atoms with van der Waals surface area (Å²) in [7, 11) is 0. The number of amides is 1. The number of halogens is 3. The topological polar surface area (TPSA) is 49.0 Å². The van der Waals surface area contributed by atoms with Gasteiger partial charge in [0.15, 0.2) is 0 Å². The summed E-state index contributed by atoms with van der Waals surface area (Å²) < 4.78 is 40.1. The standard InChI is InChI=1S/C18H18F3N3O/c19-16(20)15-14(17(21)23-22-15)18(25)24(12-7-8-12)9-11-3-1-2-4-13(11)10-5-6-10/h1-4,10,12,16H,5-9H2,(H,22,23). The first-order chi connectivity index (χ1) is 12.1. The van der Waals surface area contributed by atoms with Crippen molar-refractivity contribution in [3.05, 3.63) is 52.6 Å². The van der Waals surface area contributed by atoms with Crippen LogP contribution in [-0.4, -0.2) is 27.0 Å². The van der Waals surface area contributed by atoms with Crippen LogP contribution in [-0.2, 0) is 6.54 Å². The molecule has 1 N–H and O–H groups in total. The van der Waals surface area contributed by atoms with Gasteiger partial charge in [-0.25, -0.2) is 8.78 Å². The molecule has 0 spiro atoms. The Morgan fingerprint density at radius 2 is 1.96 bits per heavy atom. The fourth-order valence-corrected chi connectivity index (χ4v) is 3.25. The minimum Gasteiger partial charge on any atom is -0.331 e. The van der Waals surface area contributed by atoms with Gasteiger partial charge in [-0.15, -0.1) is 0 Å². The number of aromatic nitrogens is 2. The van der Waals surface area contributed by atoms with E-state index in [9.17, 15) is 18.0 Å². The highest BCUT2D eigenvalue weighted by Gasteiger charge is 2.38. The van der Waals surface area contributed by atoms with Crippen LogP contribution in [0.5, 0.6) is 0 Å². The van der Waals surface area contributed by atoms with Crippen LogP contribution < -0.4 is 0 Å². The molecular formula is C18H18F3N3O. The summed E-state index contributed by atoms with van der Waals surface area (Å²) in [6.07, 6.45) is 0.863. The first-order valence-corrected chi connectivity index (χ1v) is 8.47. The molecule has 0 aliphatic heterocycles. The van der Waals surface area contributed by atoms with Crippen LogP contribution in [0.15, 0.2) is 24.3 Å². The predicted octanol–water partition coefficient (Wildman–Crippen LogP) is 4.17. The van der Waals surface area contributed by atoms with Gasteiger partial charge in [0, 0.05) is 12.6 Å². The maximum atomic E-state index is 13.9. The summed E-state index contributed by atoms with van der Waals surface area (Å²) >= 11 is 0. The van der Waals surface area contributed by atoms with Gasteiger partial charge >= 0.3 is 0 Å². The molecule has 4 rings (SSSR count). The maximum Gasteiger partial charge on any atom is 0.283 e. The molecule has 7 heteroatoms. The van der Waals surface area contributed by atoms with Crippen molar-refractivity contribution in [2.45, 2.75) is 50.6 Å². The monoisotopic (exact) mass is 349 g/mol. The van der Waals surface area contributed by atoms with Gasteiger partial charge in [-0.1, -0.05) is 24.3 Å². The molecule has 0 unspecified atom stereocenters. The lowest BCUT2D eigenvalue weighted by Gasteiger charge is -2.24. The maximum absolute atomic E-state index is 13.9. The minimum absolute atomic E-state index is 0.0282. The van der Waals surface area contributed by atoms with Gasteiger partial charge in [-0.3, -0.25) is 9.89 Å². The third-order valence-corrected chi connectivity index (χ3v) is 4.83. The highest BCUT2D eigenvalue weighted by Crippen LogP contribution is 2.42.